The highest BCUT2D eigenvalue weighted by Gasteiger charge is 2.17. The molecule has 1 aromatic heterocycles. The lowest BCUT2D eigenvalue weighted by Crippen LogP contribution is -2.26. The molecule has 1 heterocycles. The molecular formula is C23H27NO3. The number of fused-ring (bicyclic) bond motifs is 1. The molecule has 4 nitrogen and oxygen atoms in total. The van der Waals surface area contributed by atoms with Crippen molar-refractivity contribution in [1.29, 1.82) is 0 Å². The van der Waals surface area contributed by atoms with Crippen LogP contribution >= 0.6 is 0 Å². The van der Waals surface area contributed by atoms with Gasteiger partial charge in [0, 0.05) is 29.6 Å². The van der Waals surface area contributed by atoms with Crippen molar-refractivity contribution in [3.63, 3.8) is 0 Å². The molecule has 0 aliphatic rings. The molecule has 2 aromatic carbocycles. The molecule has 0 fully saturated rings. The number of hydrogen-bond donors (Lipinski definition) is 2. The van der Waals surface area contributed by atoms with E-state index in [9.17, 15) is 9.90 Å². The summed E-state index contributed by atoms with van der Waals surface area (Å²) in [7, 11) is 0. The van der Waals surface area contributed by atoms with Crippen molar-refractivity contribution in [3.05, 3.63) is 75.1 Å². The molecule has 0 radical (unpaired) electrons. The fourth-order valence-electron chi connectivity index (χ4n) is 3.48. The number of phenols is 1. The van der Waals surface area contributed by atoms with Gasteiger partial charge in [-0.3, -0.25) is 0 Å². The fourth-order valence-corrected chi connectivity index (χ4v) is 3.48. The van der Waals surface area contributed by atoms with E-state index in [1.807, 2.05) is 0 Å². The minimum atomic E-state index is -0.401. The molecule has 3 rings (SSSR count). The monoisotopic (exact) mass is 365 g/mol. The topological polar surface area (TPSA) is 62.5 Å². The van der Waals surface area contributed by atoms with Gasteiger partial charge in [-0.1, -0.05) is 45.0 Å². The van der Waals surface area contributed by atoms with Crippen LogP contribution in [-0.4, -0.2) is 5.11 Å². The van der Waals surface area contributed by atoms with E-state index in [4.69, 9.17) is 4.42 Å². The standard InChI is InChI=1S/C23H27NO3/c1-5-16-6-8-17(9-7-16)22(14(2)3)24-13-18-12-21(26)27-23-15(4)20(25)11-10-19(18)23/h6-12,14,22,24-25H,5,13H2,1-4H3/t22-/m1/s1. The Labute approximate surface area is 159 Å². The van der Waals surface area contributed by atoms with Crippen LogP contribution in [0.15, 0.2) is 51.7 Å². The number of hydrogen-bond acceptors (Lipinski definition) is 4. The van der Waals surface area contributed by atoms with Crippen molar-refractivity contribution in [2.75, 3.05) is 0 Å². The van der Waals surface area contributed by atoms with Gasteiger partial charge in [0.1, 0.15) is 11.3 Å². The summed E-state index contributed by atoms with van der Waals surface area (Å²) in [6.07, 6.45) is 1.03. The van der Waals surface area contributed by atoms with Gasteiger partial charge in [0.2, 0.25) is 0 Å². The summed E-state index contributed by atoms with van der Waals surface area (Å²) in [5.41, 5.74) is 4.07. The molecule has 0 bridgehead atoms. The van der Waals surface area contributed by atoms with Gasteiger partial charge in [-0.25, -0.2) is 4.79 Å². The minimum absolute atomic E-state index is 0.131. The summed E-state index contributed by atoms with van der Waals surface area (Å²) >= 11 is 0. The van der Waals surface area contributed by atoms with Crippen LogP contribution in [0.3, 0.4) is 0 Å². The maximum atomic E-state index is 12.0. The Kier molecular flexibility index (Phi) is 5.66. The molecule has 2 N–H and O–H groups in total. The smallest absolute Gasteiger partial charge is 0.336 e. The lowest BCUT2D eigenvalue weighted by molar-refractivity contribution is 0.410. The first-order chi connectivity index (χ1) is 12.9. The van der Waals surface area contributed by atoms with Gasteiger partial charge in [0.05, 0.1) is 0 Å². The van der Waals surface area contributed by atoms with E-state index in [2.05, 4.69) is 50.4 Å². The van der Waals surface area contributed by atoms with Crippen LogP contribution in [0.4, 0.5) is 0 Å². The molecule has 27 heavy (non-hydrogen) atoms. The van der Waals surface area contributed by atoms with Crippen molar-refractivity contribution in [2.45, 2.75) is 46.7 Å². The van der Waals surface area contributed by atoms with E-state index in [-0.39, 0.29) is 11.8 Å². The number of nitrogens with one attached hydrogen (secondary N) is 1. The number of benzene rings is 2. The Balaban J connectivity index is 1.91. The van der Waals surface area contributed by atoms with Crippen LogP contribution < -0.4 is 10.9 Å². The number of aromatic hydroxyl groups is 1. The molecule has 4 heteroatoms. The van der Waals surface area contributed by atoms with E-state index in [0.717, 1.165) is 17.4 Å². The van der Waals surface area contributed by atoms with E-state index in [0.29, 0.717) is 23.6 Å². The zero-order chi connectivity index (χ0) is 19.6. The van der Waals surface area contributed by atoms with Gasteiger partial charge < -0.3 is 14.8 Å². The van der Waals surface area contributed by atoms with Crippen LogP contribution in [0.1, 0.15) is 49.1 Å². The van der Waals surface area contributed by atoms with Gasteiger partial charge in [-0.15, -0.1) is 0 Å². The van der Waals surface area contributed by atoms with Gasteiger partial charge in [0.25, 0.3) is 0 Å². The highest BCUT2D eigenvalue weighted by Crippen LogP contribution is 2.28. The van der Waals surface area contributed by atoms with E-state index < -0.39 is 5.63 Å². The van der Waals surface area contributed by atoms with Crippen LogP contribution in [0, 0.1) is 12.8 Å². The molecule has 0 saturated carbocycles. The summed E-state index contributed by atoms with van der Waals surface area (Å²) in [6, 6.07) is 13.9. The second-order valence-electron chi connectivity index (χ2n) is 7.37. The quantitative estimate of drug-likeness (QED) is 0.613. The van der Waals surface area contributed by atoms with E-state index >= 15 is 0 Å². The summed E-state index contributed by atoms with van der Waals surface area (Å²) in [5, 5.41) is 14.4. The molecule has 142 valence electrons. The third kappa shape index (κ3) is 4.06. The molecule has 0 aliphatic heterocycles. The second-order valence-corrected chi connectivity index (χ2v) is 7.37. The molecule has 3 aromatic rings. The molecule has 1 atom stereocenters. The Hall–Kier alpha value is -2.59. The summed E-state index contributed by atoms with van der Waals surface area (Å²) < 4.78 is 5.34. The van der Waals surface area contributed by atoms with Crippen molar-refractivity contribution < 1.29 is 9.52 Å². The largest absolute Gasteiger partial charge is 0.508 e. The van der Waals surface area contributed by atoms with E-state index in [1.165, 1.54) is 17.2 Å². The molecular weight excluding hydrogens is 338 g/mol. The van der Waals surface area contributed by atoms with Crippen LogP contribution in [0.5, 0.6) is 5.75 Å². The summed E-state index contributed by atoms with van der Waals surface area (Å²) in [5.74, 6) is 0.529. The third-order valence-corrected chi connectivity index (χ3v) is 5.14. The number of phenolic OH excluding ortho intramolecular Hbond substituents is 1. The average molecular weight is 365 g/mol. The number of aryl methyl sites for hydroxylation is 2. The van der Waals surface area contributed by atoms with Gasteiger partial charge in [-0.05, 0) is 48.1 Å². The number of rotatable bonds is 6. The van der Waals surface area contributed by atoms with Gasteiger partial charge in [0.15, 0.2) is 0 Å². The highest BCUT2D eigenvalue weighted by atomic mass is 16.4. The average Bonchev–Trinajstić information content (AvgIpc) is 2.65. The van der Waals surface area contributed by atoms with Crippen molar-refractivity contribution in [1.82, 2.24) is 5.32 Å². The maximum absolute atomic E-state index is 12.0. The Morgan fingerprint density at radius 2 is 1.81 bits per heavy atom. The lowest BCUT2D eigenvalue weighted by atomic mass is 9.94. The first kappa shape index (κ1) is 19.2. The highest BCUT2D eigenvalue weighted by molar-refractivity contribution is 5.84. The van der Waals surface area contributed by atoms with Crippen molar-refractivity contribution >= 4 is 11.0 Å². The molecule has 0 saturated heterocycles. The predicted molar refractivity (Wildman–Crippen MR) is 109 cm³/mol. The third-order valence-electron chi connectivity index (χ3n) is 5.14. The first-order valence-electron chi connectivity index (χ1n) is 9.48. The Bertz CT molecular complexity index is 987. The molecule has 0 unspecified atom stereocenters. The van der Waals surface area contributed by atoms with Gasteiger partial charge in [-0.2, -0.15) is 0 Å². The van der Waals surface area contributed by atoms with Gasteiger partial charge >= 0.3 is 5.63 Å². The second kappa shape index (κ2) is 7.97. The van der Waals surface area contributed by atoms with Crippen molar-refractivity contribution in [3.8, 4) is 5.75 Å². The molecule has 0 aliphatic carbocycles. The summed E-state index contributed by atoms with van der Waals surface area (Å²) in [6.45, 7) is 8.82. The summed E-state index contributed by atoms with van der Waals surface area (Å²) in [4.78, 5) is 12.0. The van der Waals surface area contributed by atoms with Crippen molar-refractivity contribution in [2.24, 2.45) is 5.92 Å². The SMILES string of the molecule is CCc1ccc([C@H](NCc2cc(=O)oc3c(C)c(O)ccc23)C(C)C)cc1. The molecule has 0 spiro atoms. The zero-order valence-electron chi connectivity index (χ0n) is 16.4. The Morgan fingerprint density at radius 3 is 2.44 bits per heavy atom. The minimum Gasteiger partial charge on any atom is -0.508 e. The van der Waals surface area contributed by atoms with Crippen LogP contribution in [0.2, 0.25) is 0 Å². The predicted octanol–water partition coefficient (Wildman–Crippen LogP) is 4.86. The maximum Gasteiger partial charge on any atom is 0.336 e. The van der Waals surface area contributed by atoms with Crippen LogP contribution in [-0.2, 0) is 13.0 Å². The fraction of sp³-hybridized carbons (Fsp3) is 0.348. The normalized spacial score (nSPS) is 12.6. The molecule has 0 amide bonds. The van der Waals surface area contributed by atoms with E-state index in [1.54, 1.807) is 19.1 Å². The van der Waals surface area contributed by atoms with Crippen LogP contribution in [0.25, 0.3) is 11.0 Å². The zero-order valence-corrected chi connectivity index (χ0v) is 16.4. The lowest BCUT2D eigenvalue weighted by Gasteiger charge is -2.23. The Morgan fingerprint density at radius 1 is 1.11 bits per heavy atom. The first-order valence-corrected chi connectivity index (χ1v) is 9.48.